The van der Waals surface area contributed by atoms with Gasteiger partial charge in [-0.1, -0.05) is 0 Å². The maximum atomic E-state index is 14.3. The van der Waals surface area contributed by atoms with E-state index in [0.717, 1.165) is 5.56 Å². The van der Waals surface area contributed by atoms with Gasteiger partial charge < -0.3 is 0 Å². The maximum Gasteiger partial charge on any atom is 0.261 e. The highest BCUT2D eigenvalue weighted by Crippen LogP contribution is 2.48. The van der Waals surface area contributed by atoms with E-state index in [-0.39, 0.29) is 17.2 Å². The minimum Gasteiger partial charge on any atom is -0.297 e. The van der Waals surface area contributed by atoms with Crippen LogP contribution in [0.15, 0.2) is 16.9 Å². The summed E-state index contributed by atoms with van der Waals surface area (Å²) in [5.41, 5.74) is -0.315. The van der Waals surface area contributed by atoms with E-state index in [9.17, 15) is 14.0 Å². The first-order chi connectivity index (χ1) is 9.33. The number of aryl methyl sites for hydroxylation is 1. The van der Waals surface area contributed by atoms with Crippen LogP contribution in [-0.2, 0) is 12.7 Å². The average Bonchev–Trinajstić information content (AvgIpc) is 3.12. The van der Waals surface area contributed by atoms with Crippen molar-refractivity contribution < 1.29 is 9.18 Å². The summed E-state index contributed by atoms with van der Waals surface area (Å²) in [5.74, 6) is -0.0459. The van der Waals surface area contributed by atoms with Crippen LogP contribution in [0.5, 0.6) is 0 Å². The Morgan fingerprint density at radius 3 is 2.60 bits per heavy atom. The first-order valence-electron chi connectivity index (χ1n) is 6.55. The van der Waals surface area contributed by atoms with Crippen molar-refractivity contribution in [2.45, 2.75) is 32.4 Å². The lowest BCUT2D eigenvalue weighted by Gasteiger charge is -2.13. The van der Waals surface area contributed by atoms with Crippen LogP contribution >= 0.6 is 0 Å². The lowest BCUT2D eigenvalue weighted by molar-refractivity contribution is 0.101. The second-order valence-corrected chi connectivity index (χ2v) is 5.53. The van der Waals surface area contributed by atoms with Crippen LogP contribution in [0.4, 0.5) is 4.39 Å². The number of carbonyl (C=O) groups is 1. The summed E-state index contributed by atoms with van der Waals surface area (Å²) in [6.07, 6.45) is 0.750. The molecule has 4 nitrogen and oxygen atoms in total. The van der Waals surface area contributed by atoms with Gasteiger partial charge in [0, 0.05) is 12.6 Å². The molecule has 1 saturated carbocycles. The molecule has 3 rings (SSSR count). The third-order valence-electron chi connectivity index (χ3n) is 3.79. The highest BCUT2D eigenvalue weighted by molar-refractivity contribution is 6.05. The largest absolute Gasteiger partial charge is 0.297 e. The topological polar surface area (TPSA) is 52.0 Å². The molecule has 0 unspecified atom stereocenters. The van der Waals surface area contributed by atoms with Gasteiger partial charge in [0.15, 0.2) is 11.5 Å². The highest BCUT2D eigenvalue weighted by atomic mass is 19.1. The zero-order valence-corrected chi connectivity index (χ0v) is 11.7. The minimum absolute atomic E-state index is 0.126. The molecule has 0 radical (unpaired) electrons. The van der Waals surface area contributed by atoms with Crippen molar-refractivity contribution in [1.82, 2.24) is 9.55 Å². The molecule has 0 saturated heterocycles. The number of hydrogen-bond donors (Lipinski definition) is 0. The van der Waals surface area contributed by atoms with E-state index >= 15 is 0 Å². The Morgan fingerprint density at radius 1 is 1.40 bits per heavy atom. The van der Waals surface area contributed by atoms with E-state index < -0.39 is 5.67 Å². The van der Waals surface area contributed by atoms with Crippen molar-refractivity contribution in [2.24, 2.45) is 7.05 Å². The fourth-order valence-electron chi connectivity index (χ4n) is 2.52. The summed E-state index contributed by atoms with van der Waals surface area (Å²) < 4.78 is 15.6. The Kier molecular flexibility index (Phi) is 2.58. The second-order valence-electron chi connectivity index (χ2n) is 5.53. The number of ketones is 1. The molecule has 0 N–H and O–H groups in total. The van der Waals surface area contributed by atoms with E-state index in [2.05, 4.69) is 4.98 Å². The highest BCUT2D eigenvalue weighted by Gasteiger charge is 2.48. The third-order valence-corrected chi connectivity index (χ3v) is 3.79. The lowest BCUT2D eigenvalue weighted by Crippen LogP contribution is -2.26. The molecular weight excluding hydrogens is 259 g/mol. The third kappa shape index (κ3) is 1.77. The summed E-state index contributed by atoms with van der Waals surface area (Å²) in [5, 5.41) is 0.366. The van der Waals surface area contributed by atoms with Crippen LogP contribution in [0.2, 0.25) is 0 Å². The second kappa shape index (κ2) is 3.98. The van der Waals surface area contributed by atoms with E-state index in [0.29, 0.717) is 29.3 Å². The summed E-state index contributed by atoms with van der Waals surface area (Å²) in [6.45, 7) is 3.24. The molecule has 104 valence electrons. The van der Waals surface area contributed by atoms with E-state index in [1.165, 1.54) is 18.5 Å². The molecule has 0 spiro atoms. The van der Waals surface area contributed by atoms with Crippen LogP contribution in [-0.4, -0.2) is 15.3 Å². The zero-order chi connectivity index (χ0) is 14.7. The molecule has 1 aliphatic rings. The van der Waals surface area contributed by atoms with Crippen LogP contribution in [0.25, 0.3) is 10.9 Å². The smallest absolute Gasteiger partial charge is 0.261 e. The van der Waals surface area contributed by atoms with Crippen molar-refractivity contribution >= 4 is 16.7 Å². The van der Waals surface area contributed by atoms with Gasteiger partial charge in [0.1, 0.15) is 5.82 Å². The Morgan fingerprint density at radius 2 is 2.05 bits per heavy atom. The average molecular weight is 274 g/mol. The van der Waals surface area contributed by atoms with Crippen molar-refractivity contribution in [3.8, 4) is 0 Å². The molecule has 0 aliphatic heterocycles. The van der Waals surface area contributed by atoms with E-state index in [1.807, 2.05) is 6.92 Å². The fraction of sp³-hybridized carbons (Fsp3) is 0.400. The molecule has 1 heterocycles. The van der Waals surface area contributed by atoms with Gasteiger partial charge in [0.2, 0.25) is 0 Å². The summed E-state index contributed by atoms with van der Waals surface area (Å²) >= 11 is 0. The number of carbonyl (C=O) groups excluding carboxylic acids is 1. The van der Waals surface area contributed by atoms with Gasteiger partial charge in [0.25, 0.3) is 5.56 Å². The van der Waals surface area contributed by atoms with Gasteiger partial charge in [0.05, 0.1) is 10.9 Å². The van der Waals surface area contributed by atoms with Crippen LogP contribution in [0, 0.1) is 6.92 Å². The molecule has 1 aliphatic carbocycles. The lowest BCUT2D eigenvalue weighted by atomic mass is 10.0. The van der Waals surface area contributed by atoms with Crippen molar-refractivity contribution in [2.75, 3.05) is 0 Å². The van der Waals surface area contributed by atoms with E-state index in [1.54, 1.807) is 12.1 Å². The predicted octanol–water partition coefficient (Wildman–Crippen LogP) is 2.40. The van der Waals surface area contributed by atoms with Crippen LogP contribution in [0.3, 0.4) is 0 Å². The monoisotopic (exact) mass is 274 g/mol. The van der Waals surface area contributed by atoms with Gasteiger partial charge in [-0.15, -0.1) is 0 Å². The number of nitrogens with zero attached hydrogens (tertiary/aromatic N) is 2. The molecule has 20 heavy (non-hydrogen) atoms. The molecular formula is C15H15FN2O2. The van der Waals surface area contributed by atoms with Gasteiger partial charge in [-0.2, -0.15) is 0 Å². The SMILES string of the molecule is CC(=O)c1cc(C)cc2c(=O)n(C)c(C3(F)CC3)nc12. The van der Waals surface area contributed by atoms with Gasteiger partial charge in [-0.25, -0.2) is 9.37 Å². The van der Waals surface area contributed by atoms with Gasteiger partial charge in [-0.05, 0) is 44.4 Å². The molecule has 1 aromatic heterocycles. The first kappa shape index (κ1) is 13.0. The Labute approximate surface area is 115 Å². The molecule has 1 fully saturated rings. The zero-order valence-electron chi connectivity index (χ0n) is 11.7. The number of fused-ring (bicyclic) bond motifs is 1. The fourth-order valence-corrected chi connectivity index (χ4v) is 2.52. The molecule has 0 bridgehead atoms. The number of benzene rings is 1. The number of rotatable bonds is 2. The summed E-state index contributed by atoms with van der Waals surface area (Å²) in [6, 6.07) is 3.39. The Balaban J connectivity index is 2.46. The minimum atomic E-state index is -1.51. The maximum absolute atomic E-state index is 14.3. The number of halogens is 1. The summed E-state index contributed by atoms with van der Waals surface area (Å²) in [4.78, 5) is 28.4. The number of hydrogen-bond acceptors (Lipinski definition) is 3. The Hall–Kier alpha value is -2.04. The van der Waals surface area contributed by atoms with E-state index in [4.69, 9.17) is 0 Å². The number of alkyl halides is 1. The summed E-state index contributed by atoms with van der Waals surface area (Å²) in [7, 11) is 1.53. The molecule has 2 aromatic rings. The first-order valence-corrected chi connectivity index (χ1v) is 6.55. The quantitative estimate of drug-likeness (QED) is 0.790. The van der Waals surface area contributed by atoms with Crippen LogP contribution in [0.1, 0.15) is 41.5 Å². The van der Waals surface area contributed by atoms with Crippen LogP contribution < -0.4 is 5.56 Å². The molecule has 5 heteroatoms. The van der Waals surface area contributed by atoms with Crippen molar-refractivity contribution in [3.05, 3.63) is 39.4 Å². The number of Topliss-reactive ketones (excluding diaryl/α,β-unsaturated/α-hetero) is 1. The van der Waals surface area contributed by atoms with Gasteiger partial charge in [-0.3, -0.25) is 14.2 Å². The molecule has 0 atom stereocenters. The molecule has 1 aromatic carbocycles. The molecule has 0 amide bonds. The van der Waals surface area contributed by atoms with Gasteiger partial charge >= 0.3 is 0 Å². The normalized spacial score (nSPS) is 16.4. The van der Waals surface area contributed by atoms with Crippen molar-refractivity contribution in [3.63, 3.8) is 0 Å². The standard InChI is InChI=1S/C15H15FN2O2/c1-8-6-10(9(2)19)12-11(7-8)13(20)18(3)14(17-12)15(16)4-5-15/h6-7H,4-5H2,1-3H3. The predicted molar refractivity (Wildman–Crippen MR) is 73.7 cm³/mol. The van der Waals surface area contributed by atoms with Crippen molar-refractivity contribution in [1.29, 1.82) is 0 Å². The Bertz CT molecular complexity index is 804. The number of aromatic nitrogens is 2.